The molecule has 0 unspecified atom stereocenters. The summed E-state index contributed by atoms with van der Waals surface area (Å²) in [6.45, 7) is 3.24. The van der Waals surface area contributed by atoms with E-state index in [-0.39, 0.29) is 23.6 Å². The number of sulfonamides is 1. The van der Waals surface area contributed by atoms with Crippen molar-refractivity contribution in [3.8, 4) is 11.5 Å². The van der Waals surface area contributed by atoms with E-state index in [4.69, 9.17) is 0 Å². The number of hydrogen-bond acceptors (Lipinski definition) is 5. The van der Waals surface area contributed by atoms with Gasteiger partial charge in [0.25, 0.3) is 5.91 Å². The first-order valence-corrected chi connectivity index (χ1v) is 7.68. The Morgan fingerprint density at radius 1 is 1.30 bits per heavy atom. The van der Waals surface area contributed by atoms with Crippen molar-refractivity contribution in [1.82, 2.24) is 10.0 Å². The number of hydrogen-bond donors (Lipinski definition) is 4. The van der Waals surface area contributed by atoms with Gasteiger partial charge in [0, 0.05) is 12.1 Å². The Hall–Kier alpha value is -1.80. The number of benzene rings is 1. The second kappa shape index (κ2) is 5.68. The highest BCUT2D eigenvalue weighted by Crippen LogP contribution is 2.21. The minimum Gasteiger partial charge on any atom is -0.508 e. The van der Waals surface area contributed by atoms with E-state index in [2.05, 4.69) is 10.0 Å². The van der Waals surface area contributed by atoms with Gasteiger partial charge in [0.2, 0.25) is 10.0 Å². The van der Waals surface area contributed by atoms with Crippen LogP contribution in [0.5, 0.6) is 11.5 Å². The molecule has 0 atom stereocenters. The maximum atomic E-state index is 11.9. The molecule has 7 nitrogen and oxygen atoms in total. The third kappa shape index (κ3) is 5.06. The van der Waals surface area contributed by atoms with Gasteiger partial charge >= 0.3 is 0 Å². The van der Waals surface area contributed by atoms with Gasteiger partial charge in [-0.2, -0.15) is 0 Å². The average molecular weight is 302 g/mol. The molecule has 8 heteroatoms. The Bertz CT molecular complexity index is 610. The van der Waals surface area contributed by atoms with Gasteiger partial charge in [-0.05, 0) is 32.0 Å². The van der Waals surface area contributed by atoms with E-state index in [9.17, 15) is 23.4 Å². The van der Waals surface area contributed by atoms with Crippen LogP contribution in [0.2, 0.25) is 0 Å². The summed E-state index contributed by atoms with van der Waals surface area (Å²) >= 11 is 0. The lowest BCUT2D eigenvalue weighted by molar-refractivity contribution is 0.0941. The van der Waals surface area contributed by atoms with Crippen LogP contribution in [0.3, 0.4) is 0 Å². The summed E-state index contributed by atoms with van der Waals surface area (Å²) in [7, 11) is -3.40. The maximum Gasteiger partial charge on any atom is 0.255 e. The smallest absolute Gasteiger partial charge is 0.255 e. The highest BCUT2D eigenvalue weighted by atomic mass is 32.2. The van der Waals surface area contributed by atoms with E-state index in [1.54, 1.807) is 13.8 Å². The van der Waals surface area contributed by atoms with E-state index in [1.165, 1.54) is 12.1 Å². The number of carbonyl (C=O) groups excluding carboxylic acids is 1. The van der Waals surface area contributed by atoms with Crippen LogP contribution in [0.15, 0.2) is 18.2 Å². The number of phenols is 2. The zero-order valence-corrected chi connectivity index (χ0v) is 12.3. The van der Waals surface area contributed by atoms with E-state index in [0.29, 0.717) is 0 Å². The predicted molar refractivity (Wildman–Crippen MR) is 74.2 cm³/mol. The third-order valence-corrected chi connectivity index (χ3v) is 3.30. The van der Waals surface area contributed by atoms with Gasteiger partial charge in [-0.15, -0.1) is 0 Å². The van der Waals surface area contributed by atoms with Crippen LogP contribution in [0.25, 0.3) is 0 Å². The molecule has 0 saturated carbocycles. The molecule has 4 N–H and O–H groups in total. The number of rotatable bonds is 5. The number of phenolic OH excluding ortho intramolecular Hbond substituents is 2. The molecule has 0 spiro atoms. The van der Waals surface area contributed by atoms with Gasteiger partial charge in [0.05, 0.1) is 11.8 Å². The number of nitrogens with one attached hydrogen (secondary N) is 2. The molecule has 0 aromatic heterocycles. The Balaban J connectivity index is 2.75. The first-order valence-electron chi connectivity index (χ1n) is 5.79. The fourth-order valence-corrected chi connectivity index (χ4v) is 2.72. The van der Waals surface area contributed by atoms with E-state index < -0.39 is 21.5 Å². The molecule has 0 heterocycles. The molecule has 0 saturated heterocycles. The fourth-order valence-electron chi connectivity index (χ4n) is 1.64. The molecular weight excluding hydrogens is 284 g/mol. The topological polar surface area (TPSA) is 116 Å². The first kappa shape index (κ1) is 16.3. The third-order valence-electron chi connectivity index (χ3n) is 2.38. The minimum atomic E-state index is -3.40. The normalized spacial score (nSPS) is 12.2. The zero-order valence-electron chi connectivity index (χ0n) is 11.5. The van der Waals surface area contributed by atoms with Gasteiger partial charge in [-0.1, -0.05) is 0 Å². The molecule has 0 aliphatic heterocycles. The van der Waals surface area contributed by atoms with Crippen LogP contribution in [0, 0.1) is 0 Å². The van der Waals surface area contributed by atoms with Gasteiger partial charge in [0.15, 0.2) is 0 Å². The predicted octanol–water partition coefficient (Wildman–Crippen LogP) is 0.155. The lowest BCUT2D eigenvalue weighted by Gasteiger charge is -2.25. The first-order chi connectivity index (χ1) is 9.00. The molecule has 1 rings (SSSR count). The lowest BCUT2D eigenvalue weighted by atomic mass is 10.1. The van der Waals surface area contributed by atoms with Crippen molar-refractivity contribution in [2.75, 3.05) is 12.8 Å². The molecule has 0 radical (unpaired) electrons. The summed E-state index contributed by atoms with van der Waals surface area (Å²) in [5, 5.41) is 21.3. The molecule has 0 bridgehead atoms. The van der Waals surface area contributed by atoms with Crippen molar-refractivity contribution < 1.29 is 23.4 Å². The zero-order chi connectivity index (χ0) is 15.6. The van der Waals surface area contributed by atoms with Gasteiger partial charge in [-0.25, -0.2) is 13.1 Å². The number of aromatic hydroxyl groups is 2. The second-order valence-electron chi connectivity index (χ2n) is 5.14. The van der Waals surface area contributed by atoms with E-state index in [1.807, 2.05) is 0 Å². The minimum absolute atomic E-state index is 0.0218. The van der Waals surface area contributed by atoms with Crippen LogP contribution >= 0.6 is 0 Å². The van der Waals surface area contributed by atoms with Gasteiger partial charge in [0.1, 0.15) is 11.5 Å². The van der Waals surface area contributed by atoms with Crippen molar-refractivity contribution in [2.45, 2.75) is 19.4 Å². The Morgan fingerprint density at radius 3 is 2.45 bits per heavy atom. The van der Waals surface area contributed by atoms with Crippen LogP contribution in [-0.2, 0) is 10.0 Å². The van der Waals surface area contributed by atoms with Crippen molar-refractivity contribution in [3.63, 3.8) is 0 Å². The quantitative estimate of drug-likeness (QED) is 0.578. The lowest BCUT2D eigenvalue weighted by Crippen LogP contribution is -2.51. The van der Waals surface area contributed by atoms with E-state index >= 15 is 0 Å². The highest BCUT2D eigenvalue weighted by molar-refractivity contribution is 7.88. The molecule has 112 valence electrons. The van der Waals surface area contributed by atoms with Crippen LogP contribution < -0.4 is 10.0 Å². The van der Waals surface area contributed by atoms with Crippen molar-refractivity contribution in [3.05, 3.63) is 23.8 Å². The van der Waals surface area contributed by atoms with Crippen LogP contribution in [-0.4, -0.2) is 42.9 Å². The van der Waals surface area contributed by atoms with E-state index in [0.717, 1.165) is 12.3 Å². The molecule has 1 amide bonds. The Labute approximate surface area is 117 Å². The van der Waals surface area contributed by atoms with Gasteiger partial charge < -0.3 is 15.5 Å². The van der Waals surface area contributed by atoms with Crippen molar-refractivity contribution in [2.24, 2.45) is 0 Å². The summed E-state index contributed by atoms with van der Waals surface area (Å²) in [6, 6.07) is 3.58. The van der Waals surface area contributed by atoms with Crippen LogP contribution in [0.1, 0.15) is 24.2 Å². The largest absolute Gasteiger partial charge is 0.508 e. The highest BCUT2D eigenvalue weighted by Gasteiger charge is 2.23. The fraction of sp³-hybridized carbons (Fsp3) is 0.417. The molecule has 0 fully saturated rings. The molecule has 0 aliphatic rings. The molecule has 20 heavy (non-hydrogen) atoms. The molecule has 1 aromatic rings. The van der Waals surface area contributed by atoms with Crippen molar-refractivity contribution >= 4 is 15.9 Å². The maximum absolute atomic E-state index is 11.9. The van der Waals surface area contributed by atoms with Crippen LogP contribution in [0.4, 0.5) is 0 Å². The SMILES string of the molecule is CC(C)(CNC(=O)c1cc(O)ccc1O)NS(C)(=O)=O. The summed E-state index contributed by atoms with van der Waals surface area (Å²) < 4.78 is 24.7. The monoisotopic (exact) mass is 302 g/mol. The summed E-state index contributed by atoms with van der Waals surface area (Å²) in [5.74, 6) is -1.03. The number of amides is 1. The van der Waals surface area contributed by atoms with Gasteiger partial charge in [-0.3, -0.25) is 4.79 Å². The summed E-state index contributed by atoms with van der Waals surface area (Å²) in [5.41, 5.74) is -0.962. The molecular formula is C12H18N2O5S. The standard InChI is InChI=1S/C12H18N2O5S/c1-12(2,14-20(3,18)19)7-13-11(17)9-6-8(15)4-5-10(9)16/h4-6,14-16H,7H2,1-3H3,(H,13,17). The molecule has 0 aliphatic carbocycles. The molecule has 1 aromatic carbocycles. The average Bonchev–Trinajstić information content (AvgIpc) is 2.26. The Kier molecular flexibility index (Phi) is 4.61. The van der Waals surface area contributed by atoms with Crippen molar-refractivity contribution in [1.29, 1.82) is 0 Å². The Morgan fingerprint density at radius 2 is 1.90 bits per heavy atom. The summed E-state index contributed by atoms with van der Waals surface area (Å²) in [4.78, 5) is 11.9. The number of carbonyl (C=O) groups is 1. The summed E-state index contributed by atoms with van der Waals surface area (Å²) in [6.07, 6.45) is 1.03. The second-order valence-corrected chi connectivity index (χ2v) is 6.89.